The number of imidazole rings is 1. The number of hydrogen-bond donors (Lipinski definition) is 1. The molecule has 3 aromatic rings. The van der Waals surface area contributed by atoms with Crippen molar-refractivity contribution in [2.75, 3.05) is 33.4 Å². The van der Waals surface area contributed by atoms with Crippen LogP contribution in [0.4, 0.5) is 0 Å². The Bertz CT molecular complexity index is 1080. The minimum absolute atomic E-state index is 0.322. The average Bonchev–Trinajstić information content (AvgIpc) is 3.17. The second kappa shape index (κ2) is 11.6. The Balaban J connectivity index is 1.29. The number of likely N-dealkylation sites (tertiary alicyclic amines) is 1. The molecule has 1 aromatic heterocycles. The Kier molecular flexibility index (Phi) is 8.31. The molecular weight excluding hydrogens is 442 g/mol. The van der Waals surface area contributed by atoms with Crippen LogP contribution in [0.25, 0.3) is 0 Å². The minimum Gasteiger partial charge on any atom is -0.493 e. The van der Waals surface area contributed by atoms with Crippen molar-refractivity contribution < 1.29 is 19.3 Å². The third-order valence-electron chi connectivity index (χ3n) is 6.69. The highest BCUT2D eigenvalue weighted by Gasteiger charge is 2.31. The molecule has 4 rings (SSSR count). The number of aliphatic hydroxyl groups is 1. The summed E-state index contributed by atoms with van der Waals surface area (Å²) in [7, 11) is 1.67. The summed E-state index contributed by atoms with van der Waals surface area (Å²) in [5, 5.41) is 11.1. The number of aryl methyl sites for hydroxylation is 2. The molecule has 1 N–H and O–H groups in total. The molecular formula is C28H37N3O4. The van der Waals surface area contributed by atoms with Gasteiger partial charge in [-0.2, -0.15) is 0 Å². The van der Waals surface area contributed by atoms with E-state index in [4.69, 9.17) is 14.2 Å². The Labute approximate surface area is 208 Å². The molecule has 0 aliphatic carbocycles. The maximum absolute atomic E-state index is 11.1. The molecule has 7 nitrogen and oxygen atoms in total. The molecule has 188 valence electrons. The Morgan fingerprint density at radius 3 is 2.57 bits per heavy atom. The van der Waals surface area contributed by atoms with Crippen molar-refractivity contribution in [1.82, 2.24) is 14.5 Å². The van der Waals surface area contributed by atoms with Gasteiger partial charge in [0.25, 0.3) is 0 Å². The summed E-state index contributed by atoms with van der Waals surface area (Å²) in [6, 6.07) is 14.1. The first-order valence-corrected chi connectivity index (χ1v) is 12.4. The summed E-state index contributed by atoms with van der Waals surface area (Å²) in [5.74, 6) is 3.26. The molecule has 1 aliphatic heterocycles. The smallest absolute Gasteiger partial charge is 0.161 e. The van der Waals surface area contributed by atoms with Crippen molar-refractivity contribution in [2.45, 2.75) is 51.8 Å². The van der Waals surface area contributed by atoms with Crippen LogP contribution in [0.5, 0.6) is 17.2 Å². The highest BCUT2D eigenvalue weighted by atomic mass is 16.5. The Morgan fingerprint density at radius 1 is 1.00 bits per heavy atom. The molecule has 0 spiro atoms. The second-order valence-electron chi connectivity index (χ2n) is 9.46. The lowest BCUT2D eigenvalue weighted by atomic mass is 9.96. The number of rotatable bonds is 10. The Hall–Kier alpha value is -3.03. The van der Waals surface area contributed by atoms with Crippen molar-refractivity contribution in [3.05, 3.63) is 71.8 Å². The van der Waals surface area contributed by atoms with Crippen molar-refractivity contribution in [1.29, 1.82) is 0 Å². The first-order chi connectivity index (χ1) is 16.9. The number of benzene rings is 2. The van der Waals surface area contributed by atoms with Gasteiger partial charge in [-0.3, -0.25) is 4.90 Å². The van der Waals surface area contributed by atoms with Crippen molar-refractivity contribution >= 4 is 0 Å². The summed E-state index contributed by atoms with van der Waals surface area (Å²) >= 11 is 0. The van der Waals surface area contributed by atoms with Gasteiger partial charge in [0.2, 0.25) is 0 Å². The normalized spacial score (nSPS) is 18.7. The van der Waals surface area contributed by atoms with E-state index >= 15 is 0 Å². The zero-order valence-corrected chi connectivity index (χ0v) is 21.1. The lowest BCUT2D eigenvalue weighted by Crippen LogP contribution is -2.37. The van der Waals surface area contributed by atoms with Crippen LogP contribution in [-0.2, 0) is 13.1 Å². The number of ether oxygens (including phenoxy) is 3. The molecule has 1 fully saturated rings. The van der Waals surface area contributed by atoms with Crippen LogP contribution >= 0.6 is 0 Å². The predicted molar refractivity (Wildman–Crippen MR) is 136 cm³/mol. The van der Waals surface area contributed by atoms with Crippen molar-refractivity contribution in [2.24, 2.45) is 0 Å². The average molecular weight is 480 g/mol. The molecule has 0 saturated carbocycles. The lowest BCUT2D eigenvalue weighted by molar-refractivity contribution is -0.0168. The number of aromatic nitrogens is 2. The zero-order chi connectivity index (χ0) is 24.7. The van der Waals surface area contributed by atoms with Crippen LogP contribution in [0, 0.1) is 13.8 Å². The van der Waals surface area contributed by atoms with Gasteiger partial charge >= 0.3 is 0 Å². The third-order valence-corrected chi connectivity index (χ3v) is 6.69. The minimum atomic E-state index is -0.803. The molecule has 1 saturated heterocycles. The molecule has 35 heavy (non-hydrogen) atoms. The lowest BCUT2D eigenvalue weighted by Gasteiger charge is -2.27. The maximum Gasteiger partial charge on any atom is 0.161 e. The van der Waals surface area contributed by atoms with E-state index in [0.29, 0.717) is 19.6 Å². The molecule has 1 atom stereocenters. The van der Waals surface area contributed by atoms with E-state index in [9.17, 15) is 5.11 Å². The van der Waals surface area contributed by atoms with Gasteiger partial charge in [0.15, 0.2) is 11.5 Å². The van der Waals surface area contributed by atoms with Crippen LogP contribution in [0.2, 0.25) is 0 Å². The highest BCUT2D eigenvalue weighted by molar-refractivity contribution is 5.43. The quantitative estimate of drug-likeness (QED) is 0.465. The SMILES string of the molecule is COc1cc(CN2CCC[C@](O)(COc3ccc(C)cc3)CC2)ccc1OCCn1ccnc1C. The van der Waals surface area contributed by atoms with Crippen molar-refractivity contribution in [3.63, 3.8) is 0 Å². The third kappa shape index (κ3) is 6.99. The fourth-order valence-corrected chi connectivity index (χ4v) is 4.47. The molecule has 0 radical (unpaired) electrons. The van der Waals surface area contributed by atoms with Gasteiger partial charge in [0.05, 0.1) is 19.3 Å². The summed E-state index contributed by atoms with van der Waals surface area (Å²) < 4.78 is 19.6. The van der Waals surface area contributed by atoms with E-state index in [0.717, 1.165) is 62.1 Å². The van der Waals surface area contributed by atoms with E-state index < -0.39 is 5.60 Å². The Morgan fingerprint density at radius 2 is 1.83 bits per heavy atom. The molecule has 0 amide bonds. The fourth-order valence-electron chi connectivity index (χ4n) is 4.47. The topological polar surface area (TPSA) is 69.0 Å². The largest absolute Gasteiger partial charge is 0.493 e. The number of methoxy groups -OCH3 is 1. The summed E-state index contributed by atoms with van der Waals surface area (Å²) in [5.41, 5.74) is 1.56. The van der Waals surface area contributed by atoms with Crippen LogP contribution in [0.15, 0.2) is 54.9 Å². The van der Waals surface area contributed by atoms with Gasteiger partial charge in [-0.05, 0) is 69.5 Å². The van der Waals surface area contributed by atoms with Crippen LogP contribution in [0.3, 0.4) is 0 Å². The number of nitrogens with zero attached hydrogens (tertiary/aromatic N) is 3. The van der Waals surface area contributed by atoms with E-state index in [1.165, 1.54) is 11.1 Å². The molecule has 1 aliphatic rings. The van der Waals surface area contributed by atoms with Gasteiger partial charge in [-0.1, -0.05) is 23.8 Å². The maximum atomic E-state index is 11.1. The second-order valence-corrected chi connectivity index (χ2v) is 9.46. The molecule has 2 aromatic carbocycles. The summed E-state index contributed by atoms with van der Waals surface area (Å²) in [4.78, 5) is 6.63. The first kappa shape index (κ1) is 25.1. The molecule has 2 heterocycles. The van der Waals surface area contributed by atoms with Gasteiger partial charge in [-0.25, -0.2) is 4.98 Å². The summed E-state index contributed by atoms with van der Waals surface area (Å²) in [6.07, 6.45) is 6.10. The standard InChI is InChI=1S/C28H37N3O4/c1-22-5-8-25(9-6-22)35-21-28(32)11-4-14-30(15-12-28)20-24-7-10-26(27(19-24)33-3)34-18-17-31-16-13-29-23(31)2/h5-10,13,16,19,32H,4,11-12,14-15,17-18,20-21H2,1-3H3/t28-/m1/s1. The van der Waals surface area contributed by atoms with Gasteiger partial charge in [-0.15, -0.1) is 0 Å². The van der Waals surface area contributed by atoms with Crippen LogP contribution in [0.1, 0.15) is 36.2 Å². The van der Waals surface area contributed by atoms with Crippen LogP contribution < -0.4 is 14.2 Å². The number of hydrogen-bond acceptors (Lipinski definition) is 6. The summed E-state index contributed by atoms with van der Waals surface area (Å²) in [6.45, 7) is 8.20. The highest BCUT2D eigenvalue weighted by Crippen LogP contribution is 2.30. The molecule has 7 heteroatoms. The fraction of sp³-hybridized carbons (Fsp3) is 0.464. The van der Waals surface area contributed by atoms with Crippen LogP contribution in [-0.4, -0.2) is 58.6 Å². The zero-order valence-electron chi connectivity index (χ0n) is 21.1. The van der Waals surface area contributed by atoms with E-state index in [-0.39, 0.29) is 0 Å². The molecule has 0 unspecified atom stereocenters. The predicted octanol–water partition coefficient (Wildman–Crippen LogP) is 4.38. The van der Waals surface area contributed by atoms with Crippen molar-refractivity contribution in [3.8, 4) is 17.2 Å². The van der Waals surface area contributed by atoms with E-state index in [2.05, 4.69) is 33.5 Å². The van der Waals surface area contributed by atoms with E-state index in [1.54, 1.807) is 13.3 Å². The van der Waals surface area contributed by atoms with Gasteiger partial charge in [0.1, 0.15) is 24.8 Å². The monoisotopic (exact) mass is 479 g/mol. The van der Waals surface area contributed by atoms with Gasteiger partial charge in [0, 0.05) is 25.5 Å². The first-order valence-electron chi connectivity index (χ1n) is 12.4. The van der Waals surface area contributed by atoms with E-state index in [1.807, 2.05) is 43.5 Å². The van der Waals surface area contributed by atoms with Gasteiger partial charge < -0.3 is 23.9 Å². The molecule has 0 bridgehead atoms.